The third kappa shape index (κ3) is 1.73. The molecule has 1 saturated heterocycles. The van der Waals surface area contributed by atoms with E-state index in [0.717, 1.165) is 19.5 Å². The molecule has 0 aromatic rings. The van der Waals surface area contributed by atoms with Gasteiger partial charge in [0.1, 0.15) is 0 Å². The Kier molecular flexibility index (Phi) is 2.85. The van der Waals surface area contributed by atoms with Gasteiger partial charge in [-0.2, -0.15) is 0 Å². The number of rotatable bonds is 1. The van der Waals surface area contributed by atoms with Crippen LogP contribution in [0, 0.1) is 0 Å². The van der Waals surface area contributed by atoms with Crippen molar-refractivity contribution in [3.05, 3.63) is 0 Å². The van der Waals surface area contributed by atoms with Gasteiger partial charge in [0.2, 0.25) is 0 Å². The smallest absolute Gasteiger partial charge is 0.0899 e. The van der Waals surface area contributed by atoms with Crippen molar-refractivity contribution >= 4 is 29.1 Å². The van der Waals surface area contributed by atoms with E-state index in [1.807, 2.05) is 0 Å². The molecule has 1 atom stereocenters. The molecule has 0 saturated carbocycles. The van der Waals surface area contributed by atoms with Crippen molar-refractivity contribution in [2.45, 2.75) is 12.1 Å². The molecule has 0 radical (unpaired) electrons. The van der Waals surface area contributed by atoms with Gasteiger partial charge in [0.25, 0.3) is 0 Å². The van der Waals surface area contributed by atoms with Gasteiger partial charge >= 0.3 is 0 Å². The fraction of sp³-hybridized carbons (Fsp3) is 1.00. The topological polar surface area (TPSA) is 12.0 Å². The molecular weight excluding hydrogens is 164 g/mol. The van der Waals surface area contributed by atoms with Gasteiger partial charge < -0.3 is 5.32 Å². The Morgan fingerprint density at radius 1 is 1.50 bits per heavy atom. The lowest BCUT2D eigenvalue weighted by Gasteiger charge is -2.05. The minimum Gasteiger partial charge on any atom is -0.316 e. The van der Waals surface area contributed by atoms with Crippen LogP contribution in [0.3, 0.4) is 0 Å². The zero-order chi connectivity index (χ0) is 5.98. The van der Waals surface area contributed by atoms with Crippen molar-refractivity contribution in [1.29, 1.82) is 0 Å². The van der Waals surface area contributed by atoms with Gasteiger partial charge in [-0.25, -0.2) is 0 Å². The summed E-state index contributed by atoms with van der Waals surface area (Å²) in [5.74, 6) is 0. The van der Waals surface area contributed by atoms with Gasteiger partial charge in [-0.3, -0.25) is 0 Å². The Hall–Kier alpha value is 0.970. The van der Waals surface area contributed by atoms with E-state index in [0.29, 0.717) is 5.66 Å². The highest BCUT2D eigenvalue weighted by Crippen LogP contribution is 2.53. The minimum atomic E-state index is -0.720. The summed E-state index contributed by atoms with van der Waals surface area (Å²) in [4.78, 5) is 0. The van der Waals surface area contributed by atoms with E-state index in [-0.39, 0.29) is 0 Å². The first-order chi connectivity index (χ1) is 3.80. The Labute approximate surface area is 60.1 Å². The molecule has 8 heavy (non-hydrogen) atoms. The molecule has 1 N–H and O–H groups in total. The molecule has 1 nitrogen and oxygen atoms in total. The molecule has 4 heteroatoms. The second kappa shape index (κ2) is 3.22. The standard InChI is InChI=1S/C4H8Cl2NP/c5-8(6)4-1-2-7-3-4/h4,7H,1-3H2. The highest BCUT2D eigenvalue weighted by Gasteiger charge is 2.20. The summed E-state index contributed by atoms with van der Waals surface area (Å²) in [6.07, 6.45) is 1.15. The molecule has 1 rings (SSSR count). The second-order valence-corrected chi connectivity index (χ2v) is 5.86. The molecular formula is C4H8Cl2NP. The summed E-state index contributed by atoms with van der Waals surface area (Å²) >= 11 is 11.3. The summed E-state index contributed by atoms with van der Waals surface area (Å²) in [5.41, 5.74) is 0.549. The Morgan fingerprint density at radius 2 is 2.25 bits per heavy atom. The number of hydrogen-bond acceptors (Lipinski definition) is 1. The summed E-state index contributed by atoms with van der Waals surface area (Å²) in [5, 5.41) is 3.20. The van der Waals surface area contributed by atoms with Crippen LogP contribution in [0.1, 0.15) is 6.42 Å². The van der Waals surface area contributed by atoms with Crippen LogP contribution in [-0.4, -0.2) is 18.7 Å². The lowest BCUT2D eigenvalue weighted by Crippen LogP contribution is -2.09. The molecule has 1 heterocycles. The van der Waals surface area contributed by atoms with E-state index in [4.69, 9.17) is 22.5 Å². The SMILES string of the molecule is ClP(Cl)C1CCNC1. The third-order valence-electron chi connectivity index (χ3n) is 1.31. The van der Waals surface area contributed by atoms with Gasteiger partial charge in [0.15, 0.2) is 0 Å². The van der Waals surface area contributed by atoms with Crippen LogP contribution in [0.4, 0.5) is 0 Å². The highest BCUT2D eigenvalue weighted by atomic mass is 35.9. The monoisotopic (exact) mass is 171 g/mol. The minimum absolute atomic E-state index is 0.549. The first-order valence-corrected chi connectivity index (χ1v) is 5.84. The van der Waals surface area contributed by atoms with Crippen molar-refractivity contribution in [3.8, 4) is 0 Å². The van der Waals surface area contributed by atoms with Crippen LogP contribution >= 0.6 is 29.1 Å². The molecule has 0 amide bonds. The first kappa shape index (κ1) is 7.08. The molecule has 0 aliphatic carbocycles. The third-order valence-corrected chi connectivity index (χ3v) is 3.96. The quantitative estimate of drug-likeness (QED) is 0.597. The van der Waals surface area contributed by atoms with Crippen LogP contribution in [0.25, 0.3) is 0 Å². The fourth-order valence-corrected chi connectivity index (χ4v) is 2.40. The number of halogens is 2. The zero-order valence-electron chi connectivity index (χ0n) is 4.40. The van der Waals surface area contributed by atoms with Crippen molar-refractivity contribution in [2.24, 2.45) is 0 Å². The maximum Gasteiger partial charge on any atom is 0.0899 e. The largest absolute Gasteiger partial charge is 0.316 e. The lowest BCUT2D eigenvalue weighted by atomic mass is 10.4. The predicted molar refractivity (Wildman–Crippen MR) is 39.9 cm³/mol. The number of hydrogen-bond donors (Lipinski definition) is 1. The van der Waals surface area contributed by atoms with E-state index in [2.05, 4.69) is 5.32 Å². The fourth-order valence-electron chi connectivity index (χ4n) is 0.806. The van der Waals surface area contributed by atoms with Crippen LogP contribution in [-0.2, 0) is 0 Å². The van der Waals surface area contributed by atoms with Crippen molar-refractivity contribution in [2.75, 3.05) is 13.1 Å². The molecule has 1 aliphatic rings. The highest BCUT2D eigenvalue weighted by molar-refractivity contribution is 8.04. The van der Waals surface area contributed by atoms with E-state index in [1.54, 1.807) is 0 Å². The molecule has 1 fully saturated rings. The molecule has 0 bridgehead atoms. The Bertz CT molecular complexity index is 72.4. The summed E-state index contributed by atoms with van der Waals surface area (Å²) in [7, 11) is 0. The van der Waals surface area contributed by atoms with E-state index in [1.165, 1.54) is 0 Å². The summed E-state index contributed by atoms with van der Waals surface area (Å²) < 4.78 is 0. The first-order valence-electron chi connectivity index (χ1n) is 2.62. The molecule has 0 spiro atoms. The molecule has 0 aromatic heterocycles. The predicted octanol–water partition coefficient (Wildman–Crippen LogP) is 2.14. The van der Waals surface area contributed by atoms with Crippen molar-refractivity contribution in [1.82, 2.24) is 5.32 Å². The molecule has 1 aliphatic heterocycles. The van der Waals surface area contributed by atoms with Gasteiger partial charge in [-0.1, -0.05) is 22.5 Å². The average Bonchev–Trinajstić information content (AvgIpc) is 2.12. The van der Waals surface area contributed by atoms with Crippen LogP contribution in [0.5, 0.6) is 0 Å². The normalized spacial score (nSPS) is 29.6. The maximum atomic E-state index is 5.67. The lowest BCUT2D eigenvalue weighted by molar-refractivity contribution is 0.858. The zero-order valence-corrected chi connectivity index (χ0v) is 6.81. The van der Waals surface area contributed by atoms with E-state index >= 15 is 0 Å². The summed E-state index contributed by atoms with van der Waals surface area (Å²) in [6, 6.07) is 0. The van der Waals surface area contributed by atoms with Crippen molar-refractivity contribution in [3.63, 3.8) is 0 Å². The van der Waals surface area contributed by atoms with Gasteiger partial charge in [-0.05, 0) is 13.0 Å². The Balaban J connectivity index is 2.24. The molecule has 48 valence electrons. The van der Waals surface area contributed by atoms with Crippen LogP contribution in [0.15, 0.2) is 0 Å². The molecule has 1 unspecified atom stereocenters. The van der Waals surface area contributed by atoms with Crippen LogP contribution in [0.2, 0.25) is 0 Å². The van der Waals surface area contributed by atoms with Crippen molar-refractivity contribution < 1.29 is 0 Å². The molecule has 0 aromatic carbocycles. The second-order valence-electron chi connectivity index (χ2n) is 1.91. The van der Waals surface area contributed by atoms with Gasteiger partial charge in [0.05, 0.1) is 6.63 Å². The Morgan fingerprint density at radius 3 is 2.50 bits per heavy atom. The maximum absolute atomic E-state index is 5.67. The number of nitrogens with one attached hydrogen (secondary N) is 1. The van der Waals surface area contributed by atoms with Crippen LogP contribution < -0.4 is 5.32 Å². The van der Waals surface area contributed by atoms with Gasteiger partial charge in [-0.15, -0.1) is 0 Å². The van der Waals surface area contributed by atoms with Gasteiger partial charge in [0, 0.05) is 12.2 Å². The van der Waals surface area contributed by atoms with E-state index < -0.39 is 6.63 Å². The van der Waals surface area contributed by atoms with E-state index in [9.17, 15) is 0 Å². The summed E-state index contributed by atoms with van der Waals surface area (Å²) in [6.45, 7) is 1.38. The average molecular weight is 172 g/mol.